The van der Waals surface area contributed by atoms with E-state index < -0.39 is 0 Å². The number of hydrogen-bond acceptors (Lipinski definition) is 4. The molecule has 7 heteroatoms. The first-order chi connectivity index (χ1) is 10.2. The van der Waals surface area contributed by atoms with Crippen molar-refractivity contribution in [1.29, 1.82) is 0 Å². The number of amides is 1. The van der Waals surface area contributed by atoms with Crippen molar-refractivity contribution in [2.24, 2.45) is 5.92 Å². The van der Waals surface area contributed by atoms with Gasteiger partial charge in [-0.3, -0.25) is 9.69 Å². The number of hydrogen-bond donors (Lipinski definition) is 1. The highest BCUT2D eigenvalue weighted by Crippen LogP contribution is 2.25. The van der Waals surface area contributed by atoms with Crippen molar-refractivity contribution >= 4 is 36.4 Å². The largest absolute Gasteiger partial charge is 0.398 e. The van der Waals surface area contributed by atoms with Crippen LogP contribution in [0.1, 0.15) is 17.3 Å². The number of carbonyl (C=O) groups excluding carboxylic acids is 1. The van der Waals surface area contributed by atoms with Gasteiger partial charge in [-0.05, 0) is 18.1 Å². The summed E-state index contributed by atoms with van der Waals surface area (Å²) in [5, 5.41) is 0. The van der Waals surface area contributed by atoms with Gasteiger partial charge in [0.2, 0.25) is 0 Å². The van der Waals surface area contributed by atoms with Crippen LogP contribution in [0.25, 0.3) is 0 Å². The van der Waals surface area contributed by atoms with Crippen LogP contribution < -0.4 is 5.73 Å². The number of benzene rings is 1. The van der Waals surface area contributed by atoms with Gasteiger partial charge in [0.05, 0.1) is 18.8 Å². The zero-order chi connectivity index (χ0) is 14.8. The number of nitrogens with zero attached hydrogens (tertiary/aromatic N) is 2. The number of nitrogen functional groups attached to an aromatic ring is 1. The molecule has 2 unspecified atom stereocenters. The van der Waals surface area contributed by atoms with E-state index in [0.717, 1.165) is 39.4 Å². The van der Waals surface area contributed by atoms with Crippen LogP contribution in [0.4, 0.5) is 5.69 Å². The third-order valence-corrected chi connectivity index (χ3v) is 4.57. The van der Waals surface area contributed by atoms with Crippen LogP contribution in [0.3, 0.4) is 0 Å². The predicted octanol–water partition coefficient (Wildman–Crippen LogP) is 1.91. The van der Waals surface area contributed by atoms with Gasteiger partial charge < -0.3 is 15.4 Å². The van der Waals surface area contributed by atoms with Gasteiger partial charge in [-0.2, -0.15) is 0 Å². The van der Waals surface area contributed by atoms with Gasteiger partial charge in [-0.15, -0.1) is 24.8 Å². The topological polar surface area (TPSA) is 58.8 Å². The van der Waals surface area contributed by atoms with Gasteiger partial charge in [-0.1, -0.05) is 19.1 Å². The lowest BCUT2D eigenvalue weighted by molar-refractivity contribution is 0.0119. The number of morpholine rings is 1. The first-order valence-corrected chi connectivity index (χ1v) is 7.62. The highest BCUT2D eigenvalue weighted by molar-refractivity contribution is 5.99. The van der Waals surface area contributed by atoms with E-state index in [4.69, 9.17) is 10.5 Å². The number of anilines is 1. The fourth-order valence-electron chi connectivity index (χ4n) is 3.36. The van der Waals surface area contributed by atoms with Gasteiger partial charge in [0, 0.05) is 37.9 Å². The minimum Gasteiger partial charge on any atom is -0.398 e. The molecule has 130 valence electrons. The first kappa shape index (κ1) is 20.0. The molecule has 2 saturated heterocycles. The summed E-state index contributed by atoms with van der Waals surface area (Å²) >= 11 is 0. The number of carbonyl (C=O) groups is 1. The zero-order valence-electron chi connectivity index (χ0n) is 13.3. The molecule has 5 nitrogen and oxygen atoms in total. The van der Waals surface area contributed by atoms with E-state index in [2.05, 4.69) is 11.8 Å². The Morgan fingerprint density at radius 1 is 1.17 bits per heavy atom. The Hall–Kier alpha value is -1.01. The van der Waals surface area contributed by atoms with Gasteiger partial charge in [0.15, 0.2) is 0 Å². The second kappa shape index (κ2) is 8.73. The molecule has 1 aromatic rings. The summed E-state index contributed by atoms with van der Waals surface area (Å²) in [6.45, 7) is 7.33. The predicted molar refractivity (Wildman–Crippen MR) is 96.6 cm³/mol. The molecule has 0 saturated carbocycles. The molecule has 0 spiro atoms. The van der Waals surface area contributed by atoms with E-state index >= 15 is 0 Å². The minimum atomic E-state index is 0. The molecule has 3 rings (SSSR count). The average molecular weight is 362 g/mol. The number of ether oxygens (including phenoxy) is 1. The monoisotopic (exact) mass is 361 g/mol. The Kier molecular flexibility index (Phi) is 7.61. The van der Waals surface area contributed by atoms with Crippen molar-refractivity contribution in [2.75, 3.05) is 45.1 Å². The van der Waals surface area contributed by atoms with Crippen LogP contribution >= 0.6 is 24.8 Å². The van der Waals surface area contributed by atoms with Gasteiger partial charge in [0.1, 0.15) is 0 Å². The number of para-hydroxylation sites is 1. The second-order valence-corrected chi connectivity index (χ2v) is 5.99. The first-order valence-electron chi connectivity index (χ1n) is 7.62. The molecule has 1 amide bonds. The Bertz CT molecular complexity index is 524. The Balaban J connectivity index is 0.00000132. The third kappa shape index (κ3) is 4.29. The lowest BCUT2D eigenvalue weighted by atomic mass is 10.0. The fourth-order valence-corrected chi connectivity index (χ4v) is 3.36. The van der Waals surface area contributed by atoms with Crippen molar-refractivity contribution in [2.45, 2.75) is 13.0 Å². The summed E-state index contributed by atoms with van der Waals surface area (Å²) in [4.78, 5) is 17.0. The third-order valence-electron chi connectivity index (χ3n) is 4.57. The highest BCUT2D eigenvalue weighted by atomic mass is 35.5. The van der Waals surface area contributed by atoms with Crippen LogP contribution in [0, 0.1) is 5.92 Å². The molecule has 23 heavy (non-hydrogen) atoms. The standard InChI is InChI=1S/C16H23N3O2.2ClH/c1-12-10-19(11-15(12)18-6-8-21-9-7-18)16(20)13-4-2-3-5-14(13)17;;/h2-5,12,15H,6-11,17H2,1H3;2*1H. The van der Waals surface area contributed by atoms with Crippen LogP contribution in [-0.2, 0) is 4.74 Å². The minimum absolute atomic E-state index is 0. The van der Waals surface area contributed by atoms with Crippen molar-refractivity contribution < 1.29 is 9.53 Å². The molecule has 2 aliphatic rings. The maximum absolute atomic E-state index is 12.6. The Morgan fingerprint density at radius 2 is 1.83 bits per heavy atom. The highest BCUT2D eigenvalue weighted by Gasteiger charge is 2.37. The molecule has 0 radical (unpaired) electrons. The number of rotatable bonds is 2. The molecule has 2 N–H and O–H groups in total. The normalized spacial score (nSPS) is 24.7. The van der Waals surface area contributed by atoms with E-state index in [-0.39, 0.29) is 30.7 Å². The van der Waals surface area contributed by atoms with Crippen molar-refractivity contribution in [3.63, 3.8) is 0 Å². The van der Waals surface area contributed by atoms with E-state index in [1.165, 1.54) is 0 Å². The quantitative estimate of drug-likeness (QED) is 0.817. The van der Waals surface area contributed by atoms with Crippen molar-refractivity contribution in [1.82, 2.24) is 9.80 Å². The molecule has 2 heterocycles. The van der Waals surface area contributed by atoms with Crippen molar-refractivity contribution in [3.8, 4) is 0 Å². The van der Waals surface area contributed by atoms with Gasteiger partial charge >= 0.3 is 0 Å². The van der Waals surface area contributed by atoms with Gasteiger partial charge in [-0.25, -0.2) is 0 Å². The molecular weight excluding hydrogens is 337 g/mol. The number of nitrogens with two attached hydrogens (primary N) is 1. The van der Waals surface area contributed by atoms with Crippen molar-refractivity contribution in [3.05, 3.63) is 29.8 Å². The summed E-state index contributed by atoms with van der Waals surface area (Å²) in [5.74, 6) is 0.535. The molecule has 2 fully saturated rings. The lowest BCUT2D eigenvalue weighted by Gasteiger charge is -2.34. The lowest BCUT2D eigenvalue weighted by Crippen LogP contribution is -2.47. The summed E-state index contributed by atoms with van der Waals surface area (Å²) in [6, 6.07) is 7.75. The Labute approximate surface area is 150 Å². The summed E-state index contributed by atoms with van der Waals surface area (Å²) in [6.07, 6.45) is 0. The van der Waals surface area contributed by atoms with Crippen LogP contribution in [-0.4, -0.2) is 61.1 Å². The van der Waals surface area contributed by atoms with Gasteiger partial charge in [0.25, 0.3) is 5.91 Å². The Morgan fingerprint density at radius 3 is 2.48 bits per heavy atom. The second-order valence-electron chi connectivity index (χ2n) is 5.99. The van der Waals surface area contributed by atoms with E-state index in [1.807, 2.05) is 23.1 Å². The zero-order valence-corrected chi connectivity index (χ0v) is 14.9. The molecule has 1 aromatic carbocycles. The molecular formula is C16H25Cl2N3O2. The van der Waals surface area contributed by atoms with E-state index in [1.54, 1.807) is 6.07 Å². The van der Waals surface area contributed by atoms with Crippen LogP contribution in [0.2, 0.25) is 0 Å². The average Bonchev–Trinajstić information content (AvgIpc) is 2.90. The van der Waals surface area contributed by atoms with E-state index in [0.29, 0.717) is 23.2 Å². The SMILES string of the molecule is CC1CN(C(=O)c2ccccc2N)CC1N1CCOCC1.Cl.Cl. The summed E-state index contributed by atoms with van der Waals surface area (Å²) < 4.78 is 5.42. The van der Waals surface area contributed by atoms with E-state index in [9.17, 15) is 4.79 Å². The summed E-state index contributed by atoms with van der Waals surface area (Å²) in [7, 11) is 0. The molecule has 0 aliphatic carbocycles. The maximum atomic E-state index is 12.6. The smallest absolute Gasteiger partial charge is 0.256 e. The number of halogens is 2. The maximum Gasteiger partial charge on any atom is 0.256 e. The molecule has 0 bridgehead atoms. The van der Waals surface area contributed by atoms with Crippen LogP contribution in [0.5, 0.6) is 0 Å². The fraction of sp³-hybridized carbons (Fsp3) is 0.562. The summed E-state index contributed by atoms with van der Waals surface area (Å²) in [5.41, 5.74) is 7.10. The molecule has 0 aromatic heterocycles. The number of likely N-dealkylation sites (tertiary alicyclic amines) is 1. The van der Waals surface area contributed by atoms with Crippen LogP contribution in [0.15, 0.2) is 24.3 Å². The molecule has 2 aliphatic heterocycles. The molecule has 2 atom stereocenters.